The molecule has 0 unspecified atom stereocenters. The molecule has 2 rings (SSSR count). The number of rotatable bonds is 5. The van der Waals surface area contributed by atoms with Crippen molar-refractivity contribution in [2.45, 2.75) is 27.2 Å². The fourth-order valence-electron chi connectivity index (χ4n) is 2.08. The molecule has 0 saturated carbocycles. The van der Waals surface area contributed by atoms with Crippen LogP contribution in [0.1, 0.15) is 26.3 Å². The normalized spacial score (nSPS) is 10.9. The number of ether oxygens (including phenoxy) is 1. The number of hydrogen-bond donors (Lipinski definition) is 1. The molecule has 0 saturated heterocycles. The van der Waals surface area contributed by atoms with Crippen molar-refractivity contribution in [3.8, 4) is 17.0 Å². The van der Waals surface area contributed by atoms with E-state index in [9.17, 15) is 0 Å². The van der Waals surface area contributed by atoms with E-state index in [1.165, 1.54) is 0 Å². The van der Waals surface area contributed by atoms with Gasteiger partial charge in [0.05, 0.1) is 6.61 Å². The maximum Gasteiger partial charge on any atom is 0.225 e. The Balaban J connectivity index is 2.47. The summed E-state index contributed by atoms with van der Waals surface area (Å²) in [6.45, 7) is 6.86. The Morgan fingerprint density at radius 1 is 1.32 bits per heavy atom. The molecule has 2 aromatic rings. The van der Waals surface area contributed by atoms with Gasteiger partial charge in [-0.2, -0.15) is 0 Å². The summed E-state index contributed by atoms with van der Waals surface area (Å²) in [4.78, 5) is 0. The summed E-state index contributed by atoms with van der Waals surface area (Å²) in [5.74, 6) is 1.69. The topological polar surface area (TPSA) is 61.3 Å². The standard InChI is InChI=1S/C15H20N2O2/c1-4-18-13-8-6-5-7-11(13)14-12(9-10(2)3)15(16)19-17-14/h5-8,10H,4,9,16H2,1-3H3. The summed E-state index contributed by atoms with van der Waals surface area (Å²) in [6, 6.07) is 7.82. The van der Waals surface area contributed by atoms with Crippen molar-refractivity contribution in [2.24, 2.45) is 5.92 Å². The summed E-state index contributed by atoms with van der Waals surface area (Å²) < 4.78 is 10.8. The van der Waals surface area contributed by atoms with Gasteiger partial charge in [-0.3, -0.25) is 0 Å². The van der Waals surface area contributed by atoms with Crippen molar-refractivity contribution in [3.05, 3.63) is 29.8 Å². The van der Waals surface area contributed by atoms with Crippen LogP contribution < -0.4 is 10.5 Å². The number of nitrogens with zero attached hydrogens (tertiary/aromatic N) is 1. The molecule has 0 spiro atoms. The maximum atomic E-state index is 5.88. The zero-order chi connectivity index (χ0) is 13.8. The molecule has 0 bridgehead atoms. The number of hydrogen-bond acceptors (Lipinski definition) is 4. The molecule has 0 aliphatic rings. The minimum atomic E-state index is 0.398. The van der Waals surface area contributed by atoms with E-state index in [4.69, 9.17) is 15.0 Å². The molecule has 2 N–H and O–H groups in total. The highest BCUT2D eigenvalue weighted by atomic mass is 16.5. The predicted octanol–water partition coefficient (Wildman–Crippen LogP) is 3.52. The van der Waals surface area contributed by atoms with Gasteiger partial charge in [0.1, 0.15) is 11.4 Å². The highest BCUT2D eigenvalue weighted by Gasteiger charge is 2.19. The fraction of sp³-hybridized carbons (Fsp3) is 0.400. The number of nitrogen functional groups attached to an aromatic ring is 1. The van der Waals surface area contributed by atoms with E-state index in [0.29, 0.717) is 18.4 Å². The van der Waals surface area contributed by atoms with Crippen LogP contribution in [-0.2, 0) is 6.42 Å². The number of anilines is 1. The van der Waals surface area contributed by atoms with Gasteiger partial charge in [-0.05, 0) is 31.4 Å². The molecule has 0 aliphatic heterocycles. The van der Waals surface area contributed by atoms with Crippen LogP contribution in [-0.4, -0.2) is 11.8 Å². The van der Waals surface area contributed by atoms with Gasteiger partial charge in [0.25, 0.3) is 0 Å². The first-order valence-electron chi connectivity index (χ1n) is 6.59. The lowest BCUT2D eigenvalue weighted by Crippen LogP contribution is -2.00. The largest absolute Gasteiger partial charge is 0.493 e. The van der Waals surface area contributed by atoms with Gasteiger partial charge in [0.15, 0.2) is 0 Å². The van der Waals surface area contributed by atoms with Crippen molar-refractivity contribution >= 4 is 5.88 Å². The van der Waals surface area contributed by atoms with E-state index in [0.717, 1.165) is 29.0 Å². The number of para-hydroxylation sites is 1. The van der Waals surface area contributed by atoms with Crippen LogP contribution in [0.4, 0.5) is 5.88 Å². The van der Waals surface area contributed by atoms with Gasteiger partial charge >= 0.3 is 0 Å². The second kappa shape index (κ2) is 5.78. The average molecular weight is 260 g/mol. The molecular formula is C15H20N2O2. The summed E-state index contributed by atoms with van der Waals surface area (Å²) in [6.07, 6.45) is 0.838. The summed E-state index contributed by atoms with van der Waals surface area (Å²) >= 11 is 0. The molecule has 4 heteroatoms. The Hall–Kier alpha value is -1.97. The van der Waals surface area contributed by atoms with Gasteiger partial charge in [0, 0.05) is 11.1 Å². The molecule has 0 radical (unpaired) electrons. The maximum absolute atomic E-state index is 5.88. The third-order valence-electron chi connectivity index (χ3n) is 2.87. The van der Waals surface area contributed by atoms with Crippen molar-refractivity contribution in [2.75, 3.05) is 12.3 Å². The van der Waals surface area contributed by atoms with E-state index in [2.05, 4.69) is 19.0 Å². The van der Waals surface area contributed by atoms with Crippen molar-refractivity contribution < 1.29 is 9.26 Å². The molecule has 1 heterocycles. The number of aromatic nitrogens is 1. The Bertz CT molecular complexity index is 547. The highest BCUT2D eigenvalue weighted by Crippen LogP contribution is 2.34. The Labute approximate surface area is 113 Å². The molecule has 0 aliphatic carbocycles. The van der Waals surface area contributed by atoms with Crippen LogP contribution >= 0.6 is 0 Å². The van der Waals surface area contributed by atoms with Crippen LogP contribution in [0, 0.1) is 5.92 Å². The Morgan fingerprint density at radius 3 is 2.74 bits per heavy atom. The van der Waals surface area contributed by atoms with Crippen molar-refractivity contribution in [1.29, 1.82) is 0 Å². The Morgan fingerprint density at radius 2 is 2.05 bits per heavy atom. The Kier molecular flexibility index (Phi) is 4.10. The monoisotopic (exact) mass is 260 g/mol. The molecule has 4 nitrogen and oxygen atoms in total. The second-order valence-corrected chi connectivity index (χ2v) is 4.90. The van der Waals surface area contributed by atoms with Gasteiger partial charge < -0.3 is 15.0 Å². The number of nitrogens with two attached hydrogens (primary N) is 1. The molecule has 1 aromatic carbocycles. The molecule has 102 valence electrons. The van der Waals surface area contributed by atoms with E-state index >= 15 is 0 Å². The quantitative estimate of drug-likeness (QED) is 0.893. The van der Waals surface area contributed by atoms with E-state index in [1.54, 1.807) is 0 Å². The van der Waals surface area contributed by atoms with Crippen LogP contribution in [0.15, 0.2) is 28.8 Å². The van der Waals surface area contributed by atoms with Gasteiger partial charge in [0.2, 0.25) is 5.88 Å². The van der Waals surface area contributed by atoms with Crippen LogP contribution in [0.5, 0.6) is 5.75 Å². The predicted molar refractivity (Wildman–Crippen MR) is 76.1 cm³/mol. The van der Waals surface area contributed by atoms with Crippen LogP contribution in [0.25, 0.3) is 11.3 Å². The summed E-state index contributed by atoms with van der Waals surface area (Å²) in [5.41, 5.74) is 8.56. The first-order valence-corrected chi connectivity index (χ1v) is 6.59. The molecule has 19 heavy (non-hydrogen) atoms. The van der Waals surface area contributed by atoms with Gasteiger partial charge in [-0.15, -0.1) is 0 Å². The molecular weight excluding hydrogens is 240 g/mol. The average Bonchev–Trinajstić information content (AvgIpc) is 2.72. The third kappa shape index (κ3) is 2.89. The van der Waals surface area contributed by atoms with Gasteiger partial charge in [-0.25, -0.2) is 0 Å². The first kappa shape index (κ1) is 13.5. The van der Waals surface area contributed by atoms with E-state index in [1.807, 2.05) is 31.2 Å². The molecule has 0 amide bonds. The van der Waals surface area contributed by atoms with Crippen molar-refractivity contribution in [1.82, 2.24) is 5.16 Å². The van der Waals surface area contributed by atoms with Crippen LogP contribution in [0.2, 0.25) is 0 Å². The van der Waals surface area contributed by atoms with E-state index in [-0.39, 0.29) is 0 Å². The number of benzene rings is 1. The van der Waals surface area contributed by atoms with Crippen LogP contribution in [0.3, 0.4) is 0 Å². The first-order chi connectivity index (χ1) is 9.13. The highest BCUT2D eigenvalue weighted by molar-refractivity contribution is 5.72. The lowest BCUT2D eigenvalue weighted by atomic mass is 9.99. The summed E-state index contributed by atoms with van der Waals surface area (Å²) in [7, 11) is 0. The third-order valence-corrected chi connectivity index (χ3v) is 2.87. The smallest absolute Gasteiger partial charge is 0.225 e. The van der Waals surface area contributed by atoms with Crippen molar-refractivity contribution in [3.63, 3.8) is 0 Å². The SMILES string of the molecule is CCOc1ccccc1-c1noc(N)c1CC(C)C. The molecule has 0 fully saturated rings. The van der Waals surface area contributed by atoms with E-state index < -0.39 is 0 Å². The molecule has 1 aromatic heterocycles. The second-order valence-electron chi connectivity index (χ2n) is 4.90. The van der Waals surface area contributed by atoms with Gasteiger partial charge in [-0.1, -0.05) is 31.1 Å². The lowest BCUT2D eigenvalue weighted by Gasteiger charge is -2.10. The fourth-order valence-corrected chi connectivity index (χ4v) is 2.08. The lowest BCUT2D eigenvalue weighted by molar-refractivity contribution is 0.341. The minimum absolute atomic E-state index is 0.398. The molecule has 0 atom stereocenters. The summed E-state index contributed by atoms with van der Waals surface area (Å²) in [5, 5.41) is 4.10. The zero-order valence-corrected chi connectivity index (χ0v) is 11.6. The minimum Gasteiger partial charge on any atom is -0.493 e. The zero-order valence-electron chi connectivity index (χ0n) is 11.6.